The molecule has 0 N–H and O–H groups in total. The molecule has 1 amide bonds. The first-order valence-electron chi connectivity index (χ1n) is 11.7. The number of hydrogen-bond acceptors (Lipinski definition) is 7. The first-order valence-corrected chi connectivity index (χ1v) is 11.7. The molecule has 0 aliphatic carbocycles. The molecule has 0 spiro atoms. The molecule has 0 radical (unpaired) electrons. The van der Waals surface area contributed by atoms with Crippen molar-refractivity contribution < 1.29 is 9.32 Å². The van der Waals surface area contributed by atoms with Crippen LogP contribution in [0, 0.1) is 18.3 Å². The maximum absolute atomic E-state index is 13.4. The molecule has 0 saturated carbocycles. The molecule has 1 aliphatic rings. The van der Waals surface area contributed by atoms with E-state index in [0.717, 1.165) is 43.0 Å². The van der Waals surface area contributed by atoms with E-state index in [0.29, 0.717) is 30.4 Å². The van der Waals surface area contributed by atoms with Gasteiger partial charge in [0.2, 0.25) is 5.91 Å². The van der Waals surface area contributed by atoms with Gasteiger partial charge >= 0.3 is 0 Å². The lowest BCUT2D eigenvalue weighted by molar-refractivity contribution is -0.137. The van der Waals surface area contributed by atoms with E-state index in [9.17, 15) is 10.1 Å². The average Bonchev–Trinajstić information content (AvgIpc) is 3.32. The van der Waals surface area contributed by atoms with Crippen molar-refractivity contribution in [2.45, 2.75) is 26.8 Å². The number of anilines is 1. The molecule has 2 aromatic carbocycles. The topological polar surface area (TPSA) is 89.5 Å². The Kier molecular flexibility index (Phi) is 7.24. The third-order valence-electron chi connectivity index (χ3n) is 6.34. The summed E-state index contributed by atoms with van der Waals surface area (Å²) in [6, 6.07) is 17.7. The second kappa shape index (κ2) is 10.5. The molecule has 1 atom stereocenters. The zero-order valence-corrected chi connectivity index (χ0v) is 19.9. The van der Waals surface area contributed by atoms with Gasteiger partial charge in [0.1, 0.15) is 12.1 Å². The van der Waals surface area contributed by atoms with E-state index < -0.39 is 0 Å². The molecule has 4 rings (SSSR count). The molecule has 1 fully saturated rings. The quantitative estimate of drug-likeness (QED) is 0.534. The van der Waals surface area contributed by atoms with E-state index in [1.807, 2.05) is 61.2 Å². The van der Waals surface area contributed by atoms with Crippen LogP contribution < -0.4 is 4.90 Å². The summed E-state index contributed by atoms with van der Waals surface area (Å²) in [5, 5.41) is 13.6. The molecular weight excluding hydrogens is 428 g/mol. The smallest absolute Gasteiger partial charge is 0.257 e. The predicted molar refractivity (Wildman–Crippen MR) is 130 cm³/mol. The number of carbonyl (C=O) groups excluding carboxylic acids is 1. The number of likely N-dealkylation sites (N-methyl/N-ethyl adjacent to an activating group) is 1. The van der Waals surface area contributed by atoms with Crippen LogP contribution in [0.4, 0.5) is 5.69 Å². The minimum absolute atomic E-state index is 0.140. The van der Waals surface area contributed by atoms with Gasteiger partial charge < -0.3 is 14.3 Å². The van der Waals surface area contributed by atoms with Crippen LogP contribution in [-0.4, -0.2) is 65.1 Å². The highest BCUT2D eigenvalue weighted by Gasteiger charge is 2.33. The Bertz CT molecular complexity index is 1160. The lowest BCUT2D eigenvalue weighted by Gasteiger charge is -2.41. The largest absolute Gasteiger partial charge is 0.368 e. The molecule has 8 heteroatoms. The van der Waals surface area contributed by atoms with E-state index in [1.165, 1.54) is 0 Å². The van der Waals surface area contributed by atoms with Crippen LogP contribution in [0.2, 0.25) is 0 Å². The normalized spacial score (nSPS) is 15.1. The van der Waals surface area contributed by atoms with Crippen LogP contribution in [0.1, 0.15) is 36.8 Å². The van der Waals surface area contributed by atoms with Crippen molar-refractivity contribution in [3.8, 4) is 17.5 Å². The van der Waals surface area contributed by atoms with Gasteiger partial charge in [-0.2, -0.15) is 10.2 Å². The molecule has 176 valence electrons. The van der Waals surface area contributed by atoms with Gasteiger partial charge in [0, 0.05) is 44.8 Å². The minimum Gasteiger partial charge on any atom is -0.368 e. The van der Waals surface area contributed by atoms with Crippen molar-refractivity contribution >= 4 is 11.6 Å². The minimum atomic E-state index is -0.304. The van der Waals surface area contributed by atoms with Crippen molar-refractivity contribution in [1.82, 2.24) is 19.9 Å². The van der Waals surface area contributed by atoms with Crippen LogP contribution in [0.3, 0.4) is 0 Å². The highest BCUT2D eigenvalue weighted by molar-refractivity contribution is 5.83. The summed E-state index contributed by atoms with van der Waals surface area (Å²) in [5.41, 5.74) is 3.20. The summed E-state index contributed by atoms with van der Waals surface area (Å²) in [4.78, 5) is 24.1. The second-order valence-electron chi connectivity index (χ2n) is 8.34. The number of carbonyl (C=O) groups is 1. The maximum Gasteiger partial charge on any atom is 0.257 e. The first kappa shape index (κ1) is 23.5. The Morgan fingerprint density at radius 1 is 1.12 bits per heavy atom. The van der Waals surface area contributed by atoms with Gasteiger partial charge in [-0.25, -0.2) is 0 Å². The lowest BCUT2D eigenvalue weighted by atomic mass is 10.0. The summed E-state index contributed by atoms with van der Waals surface area (Å²) in [6.07, 6.45) is 0. The summed E-state index contributed by atoms with van der Waals surface area (Å²) in [7, 11) is 0. The van der Waals surface area contributed by atoms with Crippen molar-refractivity contribution in [3.63, 3.8) is 0 Å². The van der Waals surface area contributed by atoms with Crippen LogP contribution in [0.25, 0.3) is 11.5 Å². The molecule has 2 heterocycles. The van der Waals surface area contributed by atoms with E-state index in [-0.39, 0.29) is 11.9 Å². The van der Waals surface area contributed by atoms with E-state index in [1.54, 1.807) is 13.0 Å². The van der Waals surface area contributed by atoms with Crippen LogP contribution in [0.5, 0.6) is 0 Å². The summed E-state index contributed by atoms with van der Waals surface area (Å²) < 4.78 is 5.25. The Morgan fingerprint density at radius 2 is 1.82 bits per heavy atom. The Hall–Kier alpha value is -3.70. The Morgan fingerprint density at radius 3 is 2.41 bits per heavy atom. The first-order chi connectivity index (χ1) is 16.5. The van der Waals surface area contributed by atoms with Crippen molar-refractivity contribution in [3.05, 3.63) is 65.5 Å². The number of aryl methyl sites for hydroxylation is 1. The third kappa shape index (κ3) is 4.80. The van der Waals surface area contributed by atoms with Crippen LogP contribution >= 0.6 is 0 Å². The highest BCUT2D eigenvalue weighted by Crippen LogP contribution is 2.30. The number of benzene rings is 2. The van der Waals surface area contributed by atoms with E-state index >= 15 is 0 Å². The fourth-order valence-corrected chi connectivity index (χ4v) is 4.52. The number of hydrogen-bond donors (Lipinski definition) is 0. The van der Waals surface area contributed by atoms with Gasteiger partial charge in [-0.3, -0.25) is 9.69 Å². The SMILES string of the molecule is CCN(CC)C(=O)C(c1ccccc1)N1CCN(c2ccc(-c3nc(C)no3)cc2C#N)CC1. The monoisotopic (exact) mass is 458 g/mol. The van der Waals surface area contributed by atoms with Crippen LogP contribution in [-0.2, 0) is 4.79 Å². The molecule has 34 heavy (non-hydrogen) atoms. The Balaban J connectivity index is 1.53. The summed E-state index contributed by atoms with van der Waals surface area (Å²) >= 11 is 0. The van der Waals surface area contributed by atoms with Crippen molar-refractivity contribution in [1.29, 1.82) is 5.26 Å². The van der Waals surface area contributed by atoms with Crippen molar-refractivity contribution in [2.24, 2.45) is 0 Å². The number of aromatic nitrogens is 2. The molecule has 1 aromatic heterocycles. The van der Waals surface area contributed by atoms with Gasteiger partial charge in [0.05, 0.1) is 11.3 Å². The fraction of sp³-hybridized carbons (Fsp3) is 0.385. The maximum atomic E-state index is 13.4. The summed E-state index contributed by atoms with van der Waals surface area (Å²) in [5.74, 6) is 1.11. The fourth-order valence-electron chi connectivity index (χ4n) is 4.52. The molecule has 8 nitrogen and oxygen atoms in total. The molecule has 0 bridgehead atoms. The van der Waals surface area contributed by atoms with Gasteiger partial charge in [0.25, 0.3) is 5.89 Å². The molecular formula is C26H30N6O2. The van der Waals surface area contributed by atoms with Gasteiger partial charge in [-0.15, -0.1) is 0 Å². The average molecular weight is 459 g/mol. The highest BCUT2D eigenvalue weighted by atomic mass is 16.5. The zero-order chi connectivity index (χ0) is 24.1. The Labute approximate surface area is 200 Å². The van der Waals surface area contributed by atoms with Gasteiger partial charge in [-0.1, -0.05) is 35.5 Å². The predicted octanol–water partition coefficient (Wildman–Crippen LogP) is 3.65. The van der Waals surface area contributed by atoms with Gasteiger partial charge in [0.15, 0.2) is 5.82 Å². The number of piperazine rings is 1. The molecule has 1 unspecified atom stereocenters. The number of rotatable bonds is 7. The van der Waals surface area contributed by atoms with Crippen LogP contribution in [0.15, 0.2) is 53.1 Å². The molecule has 1 aliphatic heterocycles. The summed E-state index contributed by atoms with van der Waals surface area (Å²) in [6.45, 7) is 10.1. The third-order valence-corrected chi connectivity index (χ3v) is 6.34. The number of nitrogens with zero attached hydrogens (tertiary/aromatic N) is 6. The lowest BCUT2D eigenvalue weighted by Crippen LogP contribution is -2.51. The zero-order valence-electron chi connectivity index (χ0n) is 19.9. The standard InChI is InChI=1S/C26H30N6O2/c1-4-30(5-2)26(33)24(20-9-7-6-8-10-20)32-15-13-31(14-16-32)23-12-11-21(17-22(23)18-27)25-28-19(3)29-34-25/h6-12,17,24H,4-5,13-16H2,1-3H3. The van der Waals surface area contributed by atoms with Crippen molar-refractivity contribution in [2.75, 3.05) is 44.2 Å². The molecule has 3 aromatic rings. The number of nitriles is 1. The second-order valence-corrected chi connectivity index (χ2v) is 8.34. The van der Waals surface area contributed by atoms with E-state index in [4.69, 9.17) is 4.52 Å². The molecule has 1 saturated heterocycles. The van der Waals surface area contributed by atoms with E-state index in [2.05, 4.69) is 26.0 Å². The van der Waals surface area contributed by atoms with Gasteiger partial charge in [-0.05, 0) is 44.5 Å². The number of amides is 1.